The predicted molar refractivity (Wildman–Crippen MR) is 57.1 cm³/mol. The highest BCUT2D eigenvalue weighted by Crippen LogP contribution is 2.34. The van der Waals surface area contributed by atoms with Crippen LogP contribution in [0.4, 0.5) is 17.6 Å². The maximum Gasteiger partial charge on any atom is 0.383 e. The van der Waals surface area contributed by atoms with Gasteiger partial charge < -0.3 is 10.4 Å². The molecule has 2 unspecified atom stereocenters. The van der Waals surface area contributed by atoms with E-state index in [0.717, 1.165) is 0 Å². The van der Waals surface area contributed by atoms with Crippen LogP contribution in [0.1, 0.15) is 32.6 Å². The minimum absolute atomic E-state index is 0.0439. The van der Waals surface area contributed by atoms with E-state index in [1.54, 1.807) is 12.2 Å². The van der Waals surface area contributed by atoms with E-state index in [1.807, 2.05) is 0 Å². The molecule has 0 aromatic rings. The van der Waals surface area contributed by atoms with Crippen LogP contribution in [0.3, 0.4) is 0 Å². The van der Waals surface area contributed by atoms with E-state index in [-0.39, 0.29) is 18.8 Å². The molecule has 1 aliphatic carbocycles. The lowest BCUT2D eigenvalue weighted by Gasteiger charge is -2.37. The number of nitrogens with one attached hydrogen (secondary N) is 1. The average molecular weight is 285 g/mol. The van der Waals surface area contributed by atoms with Gasteiger partial charge in [-0.25, -0.2) is 13.6 Å². The molecule has 1 fully saturated rings. The van der Waals surface area contributed by atoms with Gasteiger partial charge in [0.2, 0.25) is 0 Å². The molecule has 0 heterocycles. The fourth-order valence-electron chi connectivity index (χ4n) is 2.31. The second kappa shape index (κ2) is 5.34. The largest absolute Gasteiger partial charge is 0.480 e. The summed E-state index contributed by atoms with van der Waals surface area (Å²) in [6.07, 6.45) is -3.13. The SMILES string of the molecule is CC1CCCC(NC(=O)C(F)(F)C(F)F)(C(=O)O)C1. The Kier molecular flexibility index (Phi) is 4.42. The zero-order valence-electron chi connectivity index (χ0n) is 10.3. The molecular weight excluding hydrogens is 270 g/mol. The molecule has 0 spiro atoms. The Morgan fingerprint density at radius 3 is 2.42 bits per heavy atom. The topological polar surface area (TPSA) is 66.4 Å². The Hall–Kier alpha value is -1.34. The van der Waals surface area contributed by atoms with E-state index >= 15 is 0 Å². The fraction of sp³-hybridized carbons (Fsp3) is 0.818. The third-order valence-electron chi connectivity index (χ3n) is 3.34. The second-order valence-corrected chi connectivity index (χ2v) is 4.97. The summed E-state index contributed by atoms with van der Waals surface area (Å²) in [5, 5.41) is 10.7. The first-order valence-electron chi connectivity index (χ1n) is 5.84. The molecule has 0 saturated heterocycles. The highest BCUT2D eigenvalue weighted by atomic mass is 19.3. The molecule has 2 N–H and O–H groups in total. The molecule has 1 saturated carbocycles. The molecule has 1 amide bonds. The highest BCUT2D eigenvalue weighted by molar-refractivity contribution is 5.90. The normalized spacial score (nSPS) is 28.2. The van der Waals surface area contributed by atoms with E-state index in [9.17, 15) is 27.2 Å². The van der Waals surface area contributed by atoms with Gasteiger partial charge in [-0.1, -0.05) is 19.8 Å². The number of amides is 1. The Labute approximate surface area is 107 Å². The van der Waals surface area contributed by atoms with Gasteiger partial charge in [0.25, 0.3) is 5.91 Å². The molecule has 0 radical (unpaired) electrons. The number of hydrogen-bond donors (Lipinski definition) is 2. The van der Waals surface area contributed by atoms with Crippen LogP contribution in [-0.2, 0) is 9.59 Å². The number of carboxylic acid groups (broad SMARTS) is 1. The molecule has 4 nitrogen and oxygen atoms in total. The van der Waals surface area contributed by atoms with Crippen LogP contribution in [0.5, 0.6) is 0 Å². The Bertz CT molecular complexity index is 375. The van der Waals surface area contributed by atoms with Crippen LogP contribution in [0.25, 0.3) is 0 Å². The number of carbonyl (C=O) groups excluding carboxylic acids is 1. The van der Waals surface area contributed by atoms with Gasteiger partial charge in [0.05, 0.1) is 0 Å². The van der Waals surface area contributed by atoms with Crippen molar-refractivity contribution in [2.24, 2.45) is 5.92 Å². The van der Waals surface area contributed by atoms with Gasteiger partial charge >= 0.3 is 18.3 Å². The Morgan fingerprint density at radius 2 is 2.00 bits per heavy atom. The lowest BCUT2D eigenvalue weighted by molar-refractivity contribution is -0.175. The number of carbonyl (C=O) groups is 2. The molecule has 8 heteroatoms. The number of alkyl halides is 4. The van der Waals surface area contributed by atoms with E-state index in [1.165, 1.54) is 0 Å². The van der Waals surface area contributed by atoms with Crippen LogP contribution in [0.15, 0.2) is 0 Å². The van der Waals surface area contributed by atoms with Gasteiger partial charge in [-0.15, -0.1) is 0 Å². The first kappa shape index (κ1) is 15.7. The summed E-state index contributed by atoms with van der Waals surface area (Å²) in [7, 11) is 0. The van der Waals surface area contributed by atoms with Gasteiger partial charge in [0.15, 0.2) is 0 Å². The highest BCUT2D eigenvalue weighted by Gasteiger charge is 2.53. The van der Waals surface area contributed by atoms with Crippen molar-refractivity contribution in [3.8, 4) is 0 Å². The van der Waals surface area contributed by atoms with Crippen LogP contribution < -0.4 is 5.32 Å². The van der Waals surface area contributed by atoms with Crippen LogP contribution in [-0.4, -0.2) is 34.9 Å². The van der Waals surface area contributed by atoms with Gasteiger partial charge in [-0.3, -0.25) is 4.79 Å². The van der Waals surface area contributed by atoms with E-state index < -0.39 is 29.8 Å². The van der Waals surface area contributed by atoms with Crippen LogP contribution in [0.2, 0.25) is 0 Å². The standard InChI is InChI=1S/C11H15F4NO3/c1-6-3-2-4-10(5-6,9(18)19)16-8(17)11(14,15)7(12)13/h6-7H,2-5H2,1H3,(H,16,17)(H,18,19). The van der Waals surface area contributed by atoms with Crippen molar-refractivity contribution in [2.75, 3.05) is 0 Å². The third kappa shape index (κ3) is 3.16. The van der Waals surface area contributed by atoms with E-state index in [0.29, 0.717) is 12.8 Å². The third-order valence-corrected chi connectivity index (χ3v) is 3.34. The number of halogens is 4. The fourth-order valence-corrected chi connectivity index (χ4v) is 2.31. The molecule has 0 aromatic heterocycles. The maximum atomic E-state index is 12.9. The smallest absolute Gasteiger partial charge is 0.383 e. The Morgan fingerprint density at radius 1 is 1.42 bits per heavy atom. The van der Waals surface area contributed by atoms with Crippen molar-refractivity contribution in [3.63, 3.8) is 0 Å². The molecule has 0 aliphatic heterocycles. The molecular formula is C11H15F4NO3. The number of aliphatic carboxylic acids is 1. The number of hydrogen-bond acceptors (Lipinski definition) is 2. The molecule has 0 aromatic carbocycles. The number of rotatable bonds is 4. The van der Waals surface area contributed by atoms with Gasteiger partial charge in [-0.05, 0) is 18.8 Å². The summed E-state index contributed by atoms with van der Waals surface area (Å²) in [6.45, 7) is 1.72. The molecule has 110 valence electrons. The quantitative estimate of drug-likeness (QED) is 0.777. The summed E-state index contributed by atoms with van der Waals surface area (Å²) in [5.74, 6) is -8.69. The van der Waals surface area contributed by atoms with Gasteiger partial charge in [-0.2, -0.15) is 8.78 Å². The first-order valence-corrected chi connectivity index (χ1v) is 5.84. The van der Waals surface area contributed by atoms with Crippen molar-refractivity contribution in [1.29, 1.82) is 0 Å². The van der Waals surface area contributed by atoms with Gasteiger partial charge in [0, 0.05) is 0 Å². The molecule has 0 bridgehead atoms. The van der Waals surface area contributed by atoms with Crippen molar-refractivity contribution >= 4 is 11.9 Å². The predicted octanol–water partition coefficient (Wildman–Crippen LogP) is 2.04. The second-order valence-electron chi connectivity index (χ2n) is 4.97. The van der Waals surface area contributed by atoms with Crippen molar-refractivity contribution in [1.82, 2.24) is 5.32 Å². The summed E-state index contributed by atoms with van der Waals surface area (Å²) in [5.41, 5.74) is -1.88. The molecule has 1 aliphatic rings. The lowest BCUT2D eigenvalue weighted by atomic mass is 9.76. The zero-order valence-corrected chi connectivity index (χ0v) is 10.3. The maximum absolute atomic E-state index is 12.9. The molecule has 19 heavy (non-hydrogen) atoms. The average Bonchev–Trinajstić information content (AvgIpc) is 2.28. The van der Waals surface area contributed by atoms with Crippen LogP contribution >= 0.6 is 0 Å². The zero-order chi connectivity index (χ0) is 14.8. The minimum atomic E-state index is -4.89. The summed E-state index contributed by atoms with van der Waals surface area (Å²) < 4.78 is 49.9. The number of carboxylic acids is 1. The molecule has 2 atom stereocenters. The van der Waals surface area contributed by atoms with Crippen molar-refractivity contribution in [3.05, 3.63) is 0 Å². The minimum Gasteiger partial charge on any atom is -0.480 e. The summed E-state index contributed by atoms with van der Waals surface area (Å²) in [6, 6.07) is 0. The van der Waals surface area contributed by atoms with Crippen LogP contribution in [0, 0.1) is 5.92 Å². The van der Waals surface area contributed by atoms with Gasteiger partial charge in [0.1, 0.15) is 5.54 Å². The first-order chi connectivity index (χ1) is 8.62. The Balaban J connectivity index is 2.91. The summed E-state index contributed by atoms with van der Waals surface area (Å²) in [4.78, 5) is 22.4. The van der Waals surface area contributed by atoms with Crippen molar-refractivity contribution < 1.29 is 32.3 Å². The van der Waals surface area contributed by atoms with E-state index in [4.69, 9.17) is 5.11 Å². The molecule has 1 rings (SSSR count). The summed E-state index contributed by atoms with van der Waals surface area (Å²) >= 11 is 0. The van der Waals surface area contributed by atoms with E-state index in [2.05, 4.69) is 0 Å². The monoisotopic (exact) mass is 285 g/mol. The van der Waals surface area contributed by atoms with Crippen molar-refractivity contribution in [2.45, 2.75) is 50.5 Å². The lowest BCUT2D eigenvalue weighted by Crippen LogP contribution is -2.61.